The number of carbonyl (C=O) groups is 1. The fourth-order valence-corrected chi connectivity index (χ4v) is 3.79. The van der Waals surface area contributed by atoms with Crippen LogP contribution in [0.5, 0.6) is 0 Å². The van der Waals surface area contributed by atoms with Crippen molar-refractivity contribution in [2.24, 2.45) is 7.05 Å². The SMILES string of the molecule is Cc1cc(C(=O)N2CCC[C@H](c3nnc(Cn4cccn4)n3C)C2)c(C)o1. The molecular weight excluding hydrogens is 344 g/mol. The summed E-state index contributed by atoms with van der Waals surface area (Å²) in [6, 6.07) is 3.72. The maximum absolute atomic E-state index is 12.9. The zero-order valence-electron chi connectivity index (χ0n) is 15.9. The molecular formula is C19H24N6O2. The number of hydrogen-bond donors (Lipinski definition) is 0. The fraction of sp³-hybridized carbons (Fsp3) is 0.474. The first-order valence-electron chi connectivity index (χ1n) is 9.25. The smallest absolute Gasteiger partial charge is 0.257 e. The number of carbonyl (C=O) groups excluding carboxylic acids is 1. The van der Waals surface area contributed by atoms with Crippen LogP contribution < -0.4 is 0 Å². The van der Waals surface area contributed by atoms with E-state index in [0.29, 0.717) is 24.4 Å². The fourth-order valence-electron chi connectivity index (χ4n) is 3.79. The van der Waals surface area contributed by atoms with E-state index in [0.717, 1.165) is 36.8 Å². The van der Waals surface area contributed by atoms with Gasteiger partial charge in [0.05, 0.1) is 5.56 Å². The molecule has 142 valence electrons. The van der Waals surface area contributed by atoms with Crippen LogP contribution in [0, 0.1) is 13.8 Å². The second-order valence-corrected chi connectivity index (χ2v) is 7.15. The van der Waals surface area contributed by atoms with E-state index in [2.05, 4.69) is 15.3 Å². The van der Waals surface area contributed by atoms with Gasteiger partial charge in [0.15, 0.2) is 5.82 Å². The molecule has 4 rings (SSSR count). The number of hydrogen-bond acceptors (Lipinski definition) is 5. The highest BCUT2D eigenvalue weighted by Gasteiger charge is 2.30. The Labute approximate surface area is 157 Å². The lowest BCUT2D eigenvalue weighted by atomic mass is 9.96. The molecule has 0 N–H and O–H groups in total. The Hall–Kier alpha value is -2.90. The molecule has 1 atom stereocenters. The zero-order chi connectivity index (χ0) is 19.0. The van der Waals surface area contributed by atoms with E-state index < -0.39 is 0 Å². The lowest BCUT2D eigenvalue weighted by molar-refractivity contribution is 0.0701. The van der Waals surface area contributed by atoms with Crippen molar-refractivity contribution in [3.8, 4) is 0 Å². The van der Waals surface area contributed by atoms with Crippen LogP contribution in [0.2, 0.25) is 0 Å². The van der Waals surface area contributed by atoms with Crippen molar-refractivity contribution in [1.29, 1.82) is 0 Å². The molecule has 0 bridgehead atoms. The third-order valence-corrected chi connectivity index (χ3v) is 5.21. The van der Waals surface area contributed by atoms with Crippen molar-refractivity contribution in [1.82, 2.24) is 29.4 Å². The number of piperidine rings is 1. The molecule has 0 saturated carbocycles. The number of amides is 1. The van der Waals surface area contributed by atoms with Crippen molar-refractivity contribution < 1.29 is 9.21 Å². The standard InChI is InChI=1S/C19H24N6O2/c1-13-10-16(14(2)27-13)19(26)24-8-4-6-15(11-24)18-22-21-17(23(18)3)12-25-9-5-7-20-25/h5,7,9-10,15H,4,6,8,11-12H2,1-3H3/t15-/m0/s1. The lowest BCUT2D eigenvalue weighted by Gasteiger charge is -2.32. The highest BCUT2D eigenvalue weighted by Crippen LogP contribution is 2.27. The minimum Gasteiger partial charge on any atom is -0.466 e. The van der Waals surface area contributed by atoms with Crippen molar-refractivity contribution in [2.75, 3.05) is 13.1 Å². The van der Waals surface area contributed by atoms with E-state index in [-0.39, 0.29) is 11.8 Å². The van der Waals surface area contributed by atoms with Crippen molar-refractivity contribution in [3.05, 3.63) is 53.3 Å². The van der Waals surface area contributed by atoms with Crippen LogP contribution in [0.4, 0.5) is 0 Å². The van der Waals surface area contributed by atoms with Gasteiger partial charge in [-0.2, -0.15) is 5.10 Å². The average Bonchev–Trinajstić information content (AvgIpc) is 3.37. The summed E-state index contributed by atoms with van der Waals surface area (Å²) in [6.07, 6.45) is 5.61. The third-order valence-electron chi connectivity index (χ3n) is 5.21. The van der Waals surface area contributed by atoms with Crippen LogP contribution in [0.15, 0.2) is 28.9 Å². The van der Waals surface area contributed by atoms with Gasteiger partial charge in [-0.1, -0.05) is 0 Å². The Morgan fingerprint density at radius 1 is 1.33 bits per heavy atom. The Morgan fingerprint density at radius 3 is 2.89 bits per heavy atom. The quantitative estimate of drug-likeness (QED) is 0.706. The molecule has 1 aliphatic heterocycles. The number of furan rings is 1. The van der Waals surface area contributed by atoms with E-state index in [4.69, 9.17) is 4.42 Å². The van der Waals surface area contributed by atoms with Crippen LogP contribution in [-0.2, 0) is 13.6 Å². The van der Waals surface area contributed by atoms with Gasteiger partial charge < -0.3 is 13.9 Å². The Kier molecular flexibility index (Phi) is 4.55. The van der Waals surface area contributed by atoms with Gasteiger partial charge in [0.1, 0.15) is 23.9 Å². The predicted molar refractivity (Wildman–Crippen MR) is 98.4 cm³/mol. The van der Waals surface area contributed by atoms with Gasteiger partial charge in [-0.25, -0.2) is 0 Å². The van der Waals surface area contributed by atoms with Crippen LogP contribution in [0.3, 0.4) is 0 Å². The monoisotopic (exact) mass is 368 g/mol. The summed E-state index contributed by atoms with van der Waals surface area (Å²) in [5.41, 5.74) is 0.658. The van der Waals surface area contributed by atoms with E-state index in [1.54, 1.807) is 6.20 Å². The van der Waals surface area contributed by atoms with Crippen molar-refractivity contribution in [3.63, 3.8) is 0 Å². The van der Waals surface area contributed by atoms with Gasteiger partial charge in [0.2, 0.25) is 0 Å². The molecule has 4 heterocycles. The minimum atomic E-state index is 0.0352. The Morgan fingerprint density at radius 2 is 2.19 bits per heavy atom. The van der Waals surface area contributed by atoms with Gasteiger partial charge in [-0.05, 0) is 38.8 Å². The second kappa shape index (κ2) is 7.02. The summed E-state index contributed by atoms with van der Waals surface area (Å²) in [4.78, 5) is 14.8. The number of nitrogens with zero attached hydrogens (tertiary/aromatic N) is 6. The van der Waals surface area contributed by atoms with Crippen LogP contribution in [0.1, 0.15) is 52.3 Å². The zero-order valence-corrected chi connectivity index (χ0v) is 15.9. The molecule has 1 saturated heterocycles. The topological polar surface area (TPSA) is 82.0 Å². The maximum Gasteiger partial charge on any atom is 0.257 e. The molecule has 3 aromatic rings. The van der Waals surface area contributed by atoms with Crippen LogP contribution >= 0.6 is 0 Å². The normalized spacial score (nSPS) is 17.4. The summed E-state index contributed by atoms with van der Waals surface area (Å²) in [5.74, 6) is 3.45. The van der Waals surface area contributed by atoms with Crippen LogP contribution in [0.25, 0.3) is 0 Å². The second-order valence-electron chi connectivity index (χ2n) is 7.15. The van der Waals surface area contributed by atoms with Crippen LogP contribution in [-0.4, -0.2) is 48.4 Å². The first-order chi connectivity index (χ1) is 13.0. The van der Waals surface area contributed by atoms with E-state index >= 15 is 0 Å². The molecule has 0 aromatic carbocycles. The first-order valence-corrected chi connectivity index (χ1v) is 9.25. The largest absolute Gasteiger partial charge is 0.466 e. The molecule has 0 unspecified atom stereocenters. The van der Waals surface area contributed by atoms with E-state index in [9.17, 15) is 4.79 Å². The molecule has 0 spiro atoms. The molecule has 27 heavy (non-hydrogen) atoms. The molecule has 0 radical (unpaired) electrons. The number of rotatable bonds is 4. The van der Waals surface area contributed by atoms with Gasteiger partial charge in [0.25, 0.3) is 5.91 Å². The summed E-state index contributed by atoms with van der Waals surface area (Å²) in [5, 5.41) is 13.0. The van der Waals surface area contributed by atoms with Gasteiger partial charge in [-0.15, -0.1) is 10.2 Å². The molecule has 0 aliphatic carbocycles. The summed E-state index contributed by atoms with van der Waals surface area (Å²) in [6.45, 7) is 5.70. The van der Waals surface area contributed by atoms with Gasteiger partial charge in [0, 0.05) is 38.4 Å². The molecule has 1 fully saturated rings. The van der Waals surface area contributed by atoms with Crippen molar-refractivity contribution >= 4 is 5.91 Å². The van der Waals surface area contributed by atoms with E-state index in [1.165, 1.54) is 0 Å². The minimum absolute atomic E-state index is 0.0352. The highest BCUT2D eigenvalue weighted by molar-refractivity contribution is 5.95. The molecule has 8 heteroatoms. The molecule has 1 aliphatic rings. The summed E-state index contributed by atoms with van der Waals surface area (Å²) >= 11 is 0. The molecule has 3 aromatic heterocycles. The summed E-state index contributed by atoms with van der Waals surface area (Å²) < 4.78 is 9.39. The third kappa shape index (κ3) is 3.39. The molecule has 8 nitrogen and oxygen atoms in total. The first kappa shape index (κ1) is 17.5. The highest BCUT2D eigenvalue weighted by atomic mass is 16.3. The van der Waals surface area contributed by atoms with Crippen molar-refractivity contribution in [2.45, 2.75) is 39.2 Å². The Bertz CT molecular complexity index is 940. The van der Waals surface area contributed by atoms with Gasteiger partial charge >= 0.3 is 0 Å². The number of aromatic nitrogens is 5. The maximum atomic E-state index is 12.9. The lowest BCUT2D eigenvalue weighted by Crippen LogP contribution is -2.39. The Balaban J connectivity index is 1.51. The average molecular weight is 368 g/mol. The van der Waals surface area contributed by atoms with Gasteiger partial charge in [-0.3, -0.25) is 9.48 Å². The molecule has 1 amide bonds. The summed E-state index contributed by atoms with van der Waals surface area (Å²) in [7, 11) is 1.98. The number of likely N-dealkylation sites (tertiary alicyclic amines) is 1. The van der Waals surface area contributed by atoms with E-state index in [1.807, 2.05) is 53.4 Å². The number of aryl methyl sites for hydroxylation is 2. The predicted octanol–water partition coefficient (Wildman–Crippen LogP) is 2.29.